The summed E-state index contributed by atoms with van der Waals surface area (Å²) < 4.78 is 2.08. The summed E-state index contributed by atoms with van der Waals surface area (Å²) in [4.78, 5) is 33.5. The Labute approximate surface area is 199 Å². The summed E-state index contributed by atoms with van der Waals surface area (Å²) >= 11 is 0. The van der Waals surface area contributed by atoms with Gasteiger partial charge in [0.2, 0.25) is 5.91 Å². The number of nitro groups is 2. The van der Waals surface area contributed by atoms with Crippen LogP contribution in [0.15, 0.2) is 77.9 Å². The zero-order chi connectivity index (χ0) is 24.9. The van der Waals surface area contributed by atoms with Crippen LogP contribution in [0.1, 0.15) is 22.4 Å². The van der Waals surface area contributed by atoms with Gasteiger partial charge in [-0.05, 0) is 18.6 Å². The molecular weight excluding hydrogens is 450 g/mol. The molecule has 35 heavy (non-hydrogen) atoms. The maximum absolute atomic E-state index is 12.3. The lowest BCUT2D eigenvalue weighted by molar-refractivity contribution is -0.385. The third kappa shape index (κ3) is 5.06. The third-order valence-corrected chi connectivity index (χ3v) is 5.69. The molecular formula is C25H21N5O5. The minimum Gasteiger partial charge on any atom is -0.340 e. The highest BCUT2D eigenvalue weighted by Crippen LogP contribution is 2.26. The number of para-hydroxylation sites is 2. The van der Waals surface area contributed by atoms with E-state index in [0.29, 0.717) is 12.1 Å². The van der Waals surface area contributed by atoms with Gasteiger partial charge >= 0.3 is 0 Å². The predicted molar refractivity (Wildman–Crippen MR) is 131 cm³/mol. The van der Waals surface area contributed by atoms with E-state index in [1.54, 1.807) is 30.5 Å². The lowest BCUT2D eigenvalue weighted by atomic mass is 10.1. The molecule has 4 aromatic rings. The number of nitrogens with one attached hydrogen (secondary N) is 1. The van der Waals surface area contributed by atoms with Crippen LogP contribution >= 0.6 is 0 Å². The molecule has 3 aromatic carbocycles. The summed E-state index contributed by atoms with van der Waals surface area (Å²) in [5, 5.41) is 27.1. The van der Waals surface area contributed by atoms with Crippen LogP contribution in [-0.2, 0) is 17.8 Å². The molecule has 0 radical (unpaired) electrons. The first kappa shape index (κ1) is 23.3. The van der Waals surface area contributed by atoms with Crippen LogP contribution in [0, 0.1) is 27.2 Å². The zero-order valence-electron chi connectivity index (χ0n) is 18.7. The smallest absolute Gasteiger partial charge is 0.273 e. The Kier molecular flexibility index (Phi) is 6.63. The second-order valence-corrected chi connectivity index (χ2v) is 7.88. The van der Waals surface area contributed by atoms with Gasteiger partial charge in [-0.15, -0.1) is 0 Å². The van der Waals surface area contributed by atoms with Crippen LogP contribution < -0.4 is 5.43 Å². The molecule has 0 bridgehead atoms. The quantitative estimate of drug-likeness (QED) is 0.229. The molecule has 1 heterocycles. The van der Waals surface area contributed by atoms with Crippen LogP contribution in [0.5, 0.6) is 0 Å². The van der Waals surface area contributed by atoms with Crippen molar-refractivity contribution in [3.63, 3.8) is 0 Å². The van der Waals surface area contributed by atoms with Crippen LogP contribution in [0.3, 0.4) is 0 Å². The van der Waals surface area contributed by atoms with Gasteiger partial charge in [-0.3, -0.25) is 25.0 Å². The van der Waals surface area contributed by atoms with E-state index >= 15 is 0 Å². The second kappa shape index (κ2) is 9.96. The maximum Gasteiger partial charge on any atom is 0.273 e. The number of benzene rings is 3. The van der Waals surface area contributed by atoms with Crippen molar-refractivity contribution in [2.75, 3.05) is 0 Å². The Balaban J connectivity index is 1.55. The standard InChI is InChI=1S/C25H21N5O5/c1-17-22(15-26-27-25(31)14-19-6-2-4-8-23(19)30(34)35)21-7-3-5-9-24(21)28(17)16-18-10-12-20(13-11-18)29(32)33/h2-13,15H,14,16H2,1H3,(H,27,31)/b26-15+. The number of nitrogens with zero attached hydrogens (tertiary/aromatic N) is 4. The van der Waals surface area contributed by atoms with E-state index in [0.717, 1.165) is 27.7 Å². The van der Waals surface area contributed by atoms with E-state index < -0.39 is 15.8 Å². The maximum atomic E-state index is 12.3. The van der Waals surface area contributed by atoms with Crippen molar-refractivity contribution in [3.05, 3.63) is 115 Å². The van der Waals surface area contributed by atoms with E-state index in [9.17, 15) is 25.0 Å². The number of carbonyl (C=O) groups is 1. The molecule has 0 aliphatic heterocycles. The third-order valence-electron chi connectivity index (χ3n) is 5.69. The summed E-state index contributed by atoms with van der Waals surface area (Å²) in [5.41, 5.74) is 6.25. The number of hydrogen-bond donors (Lipinski definition) is 1. The first-order valence-corrected chi connectivity index (χ1v) is 10.7. The molecule has 10 heteroatoms. The number of rotatable bonds is 8. The van der Waals surface area contributed by atoms with E-state index in [4.69, 9.17) is 0 Å². The molecule has 1 amide bonds. The van der Waals surface area contributed by atoms with Crippen molar-refractivity contribution in [2.24, 2.45) is 5.10 Å². The van der Waals surface area contributed by atoms with Gasteiger partial charge in [-0.25, -0.2) is 5.43 Å². The fraction of sp³-hybridized carbons (Fsp3) is 0.120. The molecule has 1 aromatic heterocycles. The SMILES string of the molecule is Cc1c(/C=N/NC(=O)Cc2ccccc2[N+](=O)[O-])c2ccccc2n1Cc1ccc([N+](=O)[O-])cc1. The van der Waals surface area contributed by atoms with Crippen LogP contribution in [-0.4, -0.2) is 26.5 Å². The summed E-state index contributed by atoms with van der Waals surface area (Å²) in [7, 11) is 0. The van der Waals surface area contributed by atoms with Crippen LogP contribution in [0.4, 0.5) is 11.4 Å². The van der Waals surface area contributed by atoms with E-state index in [1.807, 2.05) is 31.2 Å². The summed E-state index contributed by atoms with van der Waals surface area (Å²) in [6.07, 6.45) is 1.39. The molecule has 0 unspecified atom stereocenters. The summed E-state index contributed by atoms with van der Waals surface area (Å²) in [6.45, 7) is 2.43. The Bertz CT molecular complexity index is 1460. The highest BCUT2D eigenvalue weighted by atomic mass is 16.6. The second-order valence-electron chi connectivity index (χ2n) is 7.88. The van der Waals surface area contributed by atoms with Gasteiger partial charge < -0.3 is 4.57 Å². The highest BCUT2D eigenvalue weighted by Gasteiger charge is 2.16. The van der Waals surface area contributed by atoms with Crippen LogP contribution in [0.2, 0.25) is 0 Å². The minimum atomic E-state index is -0.519. The first-order valence-electron chi connectivity index (χ1n) is 10.7. The van der Waals surface area contributed by atoms with Crippen molar-refractivity contribution < 1.29 is 14.6 Å². The number of amides is 1. The molecule has 0 spiro atoms. The Morgan fingerprint density at radius 1 is 0.971 bits per heavy atom. The van der Waals surface area contributed by atoms with Gasteiger partial charge in [0.15, 0.2) is 0 Å². The monoisotopic (exact) mass is 471 g/mol. The van der Waals surface area contributed by atoms with Gasteiger partial charge in [-0.2, -0.15) is 5.10 Å². The molecule has 176 valence electrons. The highest BCUT2D eigenvalue weighted by molar-refractivity contribution is 6.01. The average Bonchev–Trinajstić information content (AvgIpc) is 3.10. The number of aromatic nitrogens is 1. The predicted octanol–water partition coefficient (Wildman–Crippen LogP) is 4.51. The number of carbonyl (C=O) groups excluding carboxylic acids is 1. The lowest BCUT2D eigenvalue weighted by Crippen LogP contribution is -2.20. The number of hydrazone groups is 1. The molecule has 0 saturated carbocycles. The van der Waals surface area contributed by atoms with Gasteiger partial charge in [0.25, 0.3) is 11.4 Å². The van der Waals surface area contributed by atoms with Gasteiger partial charge in [-0.1, -0.05) is 48.5 Å². The number of hydrogen-bond acceptors (Lipinski definition) is 6. The molecule has 0 saturated heterocycles. The first-order chi connectivity index (χ1) is 16.8. The average molecular weight is 471 g/mol. The molecule has 0 aliphatic rings. The molecule has 10 nitrogen and oxygen atoms in total. The molecule has 4 rings (SSSR count). The number of nitro benzene ring substituents is 2. The fourth-order valence-corrected chi connectivity index (χ4v) is 3.95. The zero-order valence-corrected chi connectivity index (χ0v) is 18.7. The molecule has 0 aliphatic carbocycles. The minimum absolute atomic E-state index is 0.0345. The van der Waals surface area contributed by atoms with E-state index in [2.05, 4.69) is 15.1 Å². The summed E-state index contributed by atoms with van der Waals surface area (Å²) in [6, 6.07) is 20.2. The van der Waals surface area contributed by atoms with Gasteiger partial charge in [0, 0.05) is 52.5 Å². The normalized spacial score (nSPS) is 11.1. The summed E-state index contributed by atoms with van der Waals surface area (Å²) in [5.74, 6) is -0.470. The lowest BCUT2D eigenvalue weighted by Gasteiger charge is -2.08. The van der Waals surface area contributed by atoms with Crippen molar-refractivity contribution in [3.8, 4) is 0 Å². The van der Waals surface area contributed by atoms with Crippen LogP contribution in [0.25, 0.3) is 10.9 Å². The Morgan fingerprint density at radius 2 is 1.66 bits per heavy atom. The largest absolute Gasteiger partial charge is 0.340 e. The van der Waals surface area contributed by atoms with E-state index in [1.165, 1.54) is 24.3 Å². The van der Waals surface area contributed by atoms with Crippen molar-refractivity contribution in [2.45, 2.75) is 19.9 Å². The molecule has 0 atom stereocenters. The van der Waals surface area contributed by atoms with Crippen molar-refractivity contribution in [1.82, 2.24) is 9.99 Å². The fourth-order valence-electron chi connectivity index (χ4n) is 3.95. The Hall–Kier alpha value is -4.86. The Morgan fingerprint density at radius 3 is 2.37 bits per heavy atom. The van der Waals surface area contributed by atoms with E-state index in [-0.39, 0.29) is 17.8 Å². The van der Waals surface area contributed by atoms with Crippen molar-refractivity contribution in [1.29, 1.82) is 0 Å². The number of fused-ring (bicyclic) bond motifs is 1. The molecule has 1 N–H and O–H groups in total. The van der Waals surface area contributed by atoms with Gasteiger partial charge in [0.05, 0.1) is 22.5 Å². The molecule has 0 fully saturated rings. The topological polar surface area (TPSA) is 133 Å². The van der Waals surface area contributed by atoms with Crippen molar-refractivity contribution >= 4 is 34.4 Å². The number of non-ortho nitro benzene ring substituents is 1. The van der Waals surface area contributed by atoms with Gasteiger partial charge in [0.1, 0.15) is 0 Å².